The number of halogens is 2. The molecular formula is C15H24ClFN2. The molecule has 1 aliphatic heterocycles. The maximum atomic E-state index is 13.5. The minimum absolute atomic E-state index is 0. The molecule has 0 amide bonds. The van der Waals surface area contributed by atoms with Gasteiger partial charge in [-0.15, -0.1) is 12.4 Å². The molecule has 0 spiro atoms. The highest BCUT2D eigenvalue weighted by Gasteiger charge is 2.33. The number of hydrogen-bond acceptors (Lipinski definition) is 2. The van der Waals surface area contributed by atoms with Crippen molar-refractivity contribution in [3.63, 3.8) is 0 Å². The summed E-state index contributed by atoms with van der Waals surface area (Å²) in [5.74, 6) is -0.111. The first kappa shape index (κ1) is 16.4. The summed E-state index contributed by atoms with van der Waals surface area (Å²) in [6.07, 6.45) is 1.02. The molecule has 0 radical (unpaired) electrons. The van der Waals surface area contributed by atoms with E-state index in [-0.39, 0.29) is 29.7 Å². The predicted octanol–water partition coefficient (Wildman–Crippen LogP) is 3.12. The first-order chi connectivity index (χ1) is 8.38. The van der Waals surface area contributed by atoms with E-state index in [2.05, 4.69) is 18.7 Å². The van der Waals surface area contributed by atoms with Gasteiger partial charge in [-0.1, -0.05) is 26.0 Å². The fourth-order valence-electron chi connectivity index (χ4n) is 2.61. The van der Waals surface area contributed by atoms with Crippen molar-refractivity contribution in [1.82, 2.24) is 4.90 Å². The number of hydrogen-bond donors (Lipinski definition) is 1. The molecule has 0 bridgehead atoms. The third kappa shape index (κ3) is 3.91. The van der Waals surface area contributed by atoms with Crippen molar-refractivity contribution < 1.29 is 4.39 Å². The summed E-state index contributed by atoms with van der Waals surface area (Å²) in [5, 5.41) is 0. The number of rotatable bonds is 2. The second-order valence-electron chi connectivity index (χ2n) is 6.18. The maximum absolute atomic E-state index is 13.5. The number of benzene rings is 1. The van der Waals surface area contributed by atoms with Gasteiger partial charge in [0, 0.05) is 25.7 Å². The highest BCUT2D eigenvalue weighted by Crippen LogP contribution is 2.28. The minimum atomic E-state index is -0.111. The normalized spacial score (nSPS) is 22.9. The van der Waals surface area contributed by atoms with Crippen molar-refractivity contribution >= 4 is 12.4 Å². The quantitative estimate of drug-likeness (QED) is 0.905. The summed E-state index contributed by atoms with van der Waals surface area (Å²) >= 11 is 0. The molecule has 1 aromatic rings. The van der Waals surface area contributed by atoms with Crippen LogP contribution in [0.4, 0.5) is 4.39 Å². The van der Waals surface area contributed by atoms with Gasteiger partial charge in [-0.25, -0.2) is 4.39 Å². The highest BCUT2D eigenvalue weighted by atomic mass is 35.5. The molecule has 108 valence electrons. The third-order valence-corrected chi connectivity index (χ3v) is 4.03. The molecule has 1 aromatic carbocycles. The lowest BCUT2D eigenvalue weighted by Gasteiger charge is -2.42. The topological polar surface area (TPSA) is 29.3 Å². The Bertz CT molecular complexity index is 434. The van der Waals surface area contributed by atoms with Crippen LogP contribution in [0.5, 0.6) is 0 Å². The van der Waals surface area contributed by atoms with Crippen LogP contribution < -0.4 is 5.73 Å². The standard InChI is InChI=1S/C15H23FN2.ClH/c1-11-4-5-12(8-13(11)16)9-18-7-6-14(17)15(2,3)10-18;/h4-5,8,14H,6-7,9-10,17H2,1-3H3;1H. The summed E-state index contributed by atoms with van der Waals surface area (Å²) in [6.45, 7) is 9.00. The van der Waals surface area contributed by atoms with Crippen LogP contribution in [0, 0.1) is 18.2 Å². The minimum Gasteiger partial charge on any atom is -0.327 e. The second kappa shape index (κ2) is 6.21. The van der Waals surface area contributed by atoms with Crippen molar-refractivity contribution in [3.8, 4) is 0 Å². The van der Waals surface area contributed by atoms with Crippen molar-refractivity contribution in [3.05, 3.63) is 35.1 Å². The van der Waals surface area contributed by atoms with E-state index in [0.717, 1.165) is 31.6 Å². The third-order valence-electron chi connectivity index (χ3n) is 4.03. The van der Waals surface area contributed by atoms with Gasteiger partial charge in [0.1, 0.15) is 5.82 Å². The Morgan fingerprint density at radius 1 is 1.42 bits per heavy atom. The van der Waals surface area contributed by atoms with E-state index < -0.39 is 0 Å². The van der Waals surface area contributed by atoms with Crippen molar-refractivity contribution in [2.45, 2.75) is 39.8 Å². The first-order valence-electron chi connectivity index (χ1n) is 6.61. The van der Waals surface area contributed by atoms with Crippen molar-refractivity contribution in [2.24, 2.45) is 11.1 Å². The highest BCUT2D eigenvalue weighted by molar-refractivity contribution is 5.85. The smallest absolute Gasteiger partial charge is 0.126 e. The molecule has 0 aromatic heterocycles. The van der Waals surface area contributed by atoms with E-state index in [1.807, 2.05) is 12.1 Å². The zero-order valence-electron chi connectivity index (χ0n) is 11.9. The van der Waals surface area contributed by atoms with Gasteiger partial charge in [0.25, 0.3) is 0 Å². The van der Waals surface area contributed by atoms with Crippen LogP contribution in [0.3, 0.4) is 0 Å². The Hall–Kier alpha value is -0.640. The lowest BCUT2D eigenvalue weighted by molar-refractivity contribution is 0.0898. The van der Waals surface area contributed by atoms with Crippen LogP contribution >= 0.6 is 12.4 Å². The molecule has 2 N–H and O–H groups in total. The molecule has 1 saturated heterocycles. The molecule has 2 nitrogen and oxygen atoms in total. The van der Waals surface area contributed by atoms with E-state index in [4.69, 9.17) is 5.73 Å². The zero-order chi connectivity index (χ0) is 13.3. The molecule has 0 saturated carbocycles. The Morgan fingerprint density at radius 2 is 2.11 bits per heavy atom. The zero-order valence-corrected chi connectivity index (χ0v) is 12.8. The van der Waals surface area contributed by atoms with Crippen LogP contribution in [0.25, 0.3) is 0 Å². The van der Waals surface area contributed by atoms with E-state index in [0.29, 0.717) is 5.56 Å². The van der Waals surface area contributed by atoms with Gasteiger partial charge in [-0.05, 0) is 36.0 Å². The second-order valence-corrected chi connectivity index (χ2v) is 6.18. The fraction of sp³-hybridized carbons (Fsp3) is 0.600. The summed E-state index contributed by atoms with van der Waals surface area (Å²) in [4.78, 5) is 2.37. The number of nitrogens with two attached hydrogens (primary N) is 1. The predicted molar refractivity (Wildman–Crippen MR) is 80.0 cm³/mol. The van der Waals surface area contributed by atoms with Crippen LogP contribution in [0.2, 0.25) is 0 Å². The van der Waals surface area contributed by atoms with Gasteiger partial charge < -0.3 is 5.73 Å². The van der Waals surface area contributed by atoms with E-state index >= 15 is 0 Å². The average molecular weight is 287 g/mol. The molecule has 1 unspecified atom stereocenters. The van der Waals surface area contributed by atoms with Gasteiger partial charge >= 0.3 is 0 Å². The Kier molecular flexibility index (Phi) is 5.36. The monoisotopic (exact) mass is 286 g/mol. The summed E-state index contributed by atoms with van der Waals surface area (Å²) < 4.78 is 13.5. The van der Waals surface area contributed by atoms with Crippen LogP contribution in [0.1, 0.15) is 31.4 Å². The number of likely N-dealkylation sites (tertiary alicyclic amines) is 1. The van der Waals surface area contributed by atoms with Crippen LogP contribution in [-0.2, 0) is 6.54 Å². The van der Waals surface area contributed by atoms with Gasteiger partial charge in [0.2, 0.25) is 0 Å². The number of aryl methyl sites for hydroxylation is 1. The average Bonchev–Trinajstić information content (AvgIpc) is 2.28. The first-order valence-corrected chi connectivity index (χ1v) is 6.61. The molecule has 1 atom stereocenters. The maximum Gasteiger partial charge on any atom is 0.126 e. The van der Waals surface area contributed by atoms with Crippen molar-refractivity contribution in [2.75, 3.05) is 13.1 Å². The lowest BCUT2D eigenvalue weighted by atomic mass is 9.79. The molecule has 0 aliphatic carbocycles. The van der Waals surface area contributed by atoms with E-state index in [1.54, 1.807) is 13.0 Å². The SMILES string of the molecule is Cc1ccc(CN2CCC(N)C(C)(C)C2)cc1F.Cl. The molecule has 2 rings (SSSR count). The van der Waals surface area contributed by atoms with Crippen LogP contribution in [0.15, 0.2) is 18.2 Å². The fourth-order valence-corrected chi connectivity index (χ4v) is 2.61. The number of piperidine rings is 1. The molecule has 1 aliphatic rings. The largest absolute Gasteiger partial charge is 0.327 e. The van der Waals surface area contributed by atoms with Crippen LogP contribution in [-0.4, -0.2) is 24.0 Å². The van der Waals surface area contributed by atoms with Gasteiger partial charge in [-0.2, -0.15) is 0 Å². The molecule has 4 heteroatoms. The summed E-state index contributed by atoms with van der Waals surface area (Å²) in [6, 6.07) is 5.78. The van der Waals surface area contributed by atoms with E-state index in [1.165, 1.54) is 0 Å². The molecule has 1 heterocycles. The van der Waals surface area contributed by atoms with Gasteiger partial charge in [0.15, 0.2) is 0 Å². The Labute approximate surface area is 121 Å². The summed E-state index contributed by atoms with van der Waals surface area (Å²) in [5.41, 5.74) is 8.02. The van der Waals surface area contributed by atoms with Crippen molar-refractivity contribution in [1.29, 1.82) is 0 Å². The molecule has 19 heavy (non-hydrogen) atoms. The number of nitrogens with zero attached hydrogens (tertiary/aromatic N) is 1. The Balaban J connectivity index is 0.00000180. The molecule has 1 fully saturated rings. The van der Waals surface area contributed by atoms with E-state index in [9.17, 15) is 4.39 Å². The lowest BCUT2D eigenvalue weighted by Crippen LogP contribution is -2.52. The van der Waals surface area contributed by atoms with Gasteiger partial charge in [-0.3, -0.25) is 4.90 Å². The van der Waals surface area contributed by atoms with Gasteiger partial charge in [0.05, 0.1) is 0 Å². The molecular weight excluding hydrogens is 263 g/mol. The Morgan fingerprint density at radius 3 is 2.68 bits per heavy atom. The summed E-state index contributed by atoms with van der Waals surface area (Å²) in [7, 11) is 0.